The van der Waals surface area contributed by atoms with E-state index in [2.05, 4.69) is 22.0 Å². The van der Waals surface area contributed by atoms with Gasteiger partial charge in [0.25, 0.3) is 0 Å². The van der Waals surface area contributed by atoms with Crippen LogP contribution in [0, 0.1) is 5.92 Å². The van der Waals surface area contributed by atoms with E-state index in [0.29, 0.717) is 24.9 Å². The van der Waals surface area contributed by atoms with E-state index in [1.54, 1.807) is 0 Å². The summed E-state index contributed by atoms with van der Waals surface area (Å²) in [5.74, 6) is 2.26. The molecular formula is C12H19N3O2. The highest BCUT2D eigenvalue weighted by atomic mass is 16.4. The second-order valence-electron chi connectivity index (χ2n) is 5.74. The highest BCUT2D eigenvalue weighted by Gasteiger charge is 2.39. The molecule has 2 fully saturated rings. The molecular weight excluding hydrogens is 218 g/mol. The summed E-state index contributed by atoms with van der Waals surface area (Å²) in [6, 6.07) is 0. The minimum atomic E-state index is -0.598. The van der Waals surface area contributed by atoms with Gasteiger partial charge in [-0.25, -0.2) is 0 Å². The Bertz CT molecular complexity index is 412. The maximum Gasteiger partial charge on any atom is 0.230 e. The van der Waals surface area contributed by atoms with Crippen molar-refractivity contribution in [2.24, 2.45) is 5.92 Å². The fourth-order valence-electron chi connectivity index (χ4n) is 2.39. The minimum absolute atomic E-state index is 0.285. The number of rotatable bonds is 3. The second kappa shape index (κ2) is 3.78. The minimum Gasteiger partial charge on any atom is -0.424 e. The van der Waals surface area contributed by atoms with Gasteiger partial charge in [0.15, 0.2) is 0 Å². The van der Waals surface area contributed by atoms with Crippen LogP contribution in [0.2, 0.25) is 0 Å². The molecule has 2 atom stereocenters. The van der Waals surface area contributed by atoms with Crippen LogP contribution in [0.4, 0.5) is 0 Å². The molecule has 1 aromatic rings. The highest BCUT2D eigenvalue weighted by molar-refractivity contribution is 5.00. The Morgan fingerprint density at radius 2 is 2.24 bits per heavy atom. The van der Waals surface area contributed by atoms with Gasteiger partial charge < -0.3 is 9.52 Å². The van der Waals surface area contributed by atoms with E-state index in [1.165, 1.54) is 12.8 Å². The molecule has 1 saturated carbocycles. The van der Waals surface area contributed by atoms with Gasteiger partial charge in [0.1, 0.15) is 0 Å². The Hall–Kier alpha value is -0.940. The lowest BCUT2D eigenvalue weighted by Gasteiger charge is -2.20. The zero-order chi connectivity index (χ0) is 12.0. The summed E-state index contributed by atoms with van der Waals surface area (Å²) in [4.78, 5) is 2.18. The van der Waals surface area contributed by atoms with Crippen molar-refractivity contribution in [3.8, 4) is 0 Å². The molecule has 5 nitrogen and oxygen atoms in total. The molecule has 94 valence electrons. The predicted molar refractivity (Wildman–Crippen MR) is 61.3 cm³/mol. The van der Waals surface area contributed by atoms with Crippen LogP contribution in [0.15, 0.2) is 4.42 Å². The molecule has 0 spiro atoms. The third-order valence-electron chi connectivity index (χ3n) is 3.91. The number of nitrogens with zero attached hydrogens (tertiary/aromatic N) is 3. The van der Waals surface area contributed by atoms with Crippen molar-refractivity contribution < 1.29 is 9.52 Å². The third kappa shape index (κ3) is 2.21. The van der Waals surface area contributed by atoms with Crippen molar-refractivity contribution in [1.29, 1.82) is 0 Å². The molecule has 0 unspecified atom stereocenters. The summed E-state index contributed by atoms with van der Waals surface area (Å²) in [7, 11) is 0. The van der Waals surface area contributed by atoms with Gasteiger partial charge in [-0.05, 0) is 25.7 Å². The van der Waals surface area contributed by atoms with E-state index in [0.717, 1.165) is 12.4 Å². The number of hydrogen-bond donors (Lipinski definition) is 1. The molecule has 1 aliphatic carbocycles. The largest absolute Gasteiger partial charge is 0.424 e. The van der Waals surface area contributed by atoms with Crippen molar-refractivity contribution >= 4 is 0 Å². The highest BCUT2D eigenvalue weighted by Crippen LogP contribution is 2.39. The number of β-amino-alcohol motifs (C(OH)–C–C–N with tert-alkyl or cyclic N) is 1. The van der Waals surface area contributed by atoms with Gasteiger partial charge in [0.2, 0.25) is 11.8 Å². The van der Waals surface area contributed by atoms with Crippen LogP contribution < -0.4 is 0 Å². The molecule has 2 aliphatic rings. The first-order valence-corrected chi connectivity index (χ1v) is 6.31. The van der Waals surface area contributed by atoms with Crippen molar-refractivity contribution in [3.05, 3.63) is 11.8 Å². The summed E-state index contributed by atoms with van der Waals surface area (Å²) in [6.07, 6.45) is 2.36. The maximum atomic E-state index is 10.1. The van der Waals surface area contributed by atoms with Gasteiger partial charge in [-0.1, -0.05) is 6.92 Å². The molecule has 1 saturated heterocycles. The Morgan fingerprint density at radius 1 is 1.47 bits per heavy atom. The lowest BCUT2D eigenvalue weighted by atomic mass is 9.95. The first-order valence-electron chi connectivity index (χ1n) is 6.31. The van der Waals surface area contributed by atoms with Crippen LogP contribution in [0.1, 0.15) is 44.4 Å². The van der Waals surface area contributed by atoms with Crippen LogP contribution in [0.5, 0.6) is 0 Å². The van der Waals surface area contributed by atoms with Gasteiger partial charge in [-0.15, -0.1) is 10.2 Å². The average molecular weight is 237 g/mol. The molecule has 3 rings (SSSR count). The maximum absolute atomic E-state index is 10.1. The summed E-state index contributed by atoms with van der Waals surface area (Å²) >= 11 is 0. The number of aromatic nitrogens is 2. The molecule has 2 heterocycles. The summed E-state index contributed by atoms with van der Waals surface area (Å²) in [5, 5.41) is 18.3. The fraction of sp³-hybridized carbons (Fsp3) is 0.833. The van der Waals surface area contributed by atoms with Gasteiger partial charge in [-0.2, -0.15) is 0 Å². The van der Waals surface area contributed by atoms with Gasteiger partial charge >= 0.3 is 0 Å². The molecule has 1 aromatic heterocycles. The molecule has 0 bridgehead atoms. The SMILES string of the molecule is C[C@@H]1CN(Cc2nnc(C3CC3)o2)C[C@]1(C)O. The smallest absolute Gasteiger partial charge is 0.230 e. The van der Waals surface area contributed by atoms with E-state index in [4.69, 9.17) is 4.42 Å². The average Bonchev–Trinajstić information content (AvgIpc) is 2.93. The van der Waals surface area contributed by atoms with Crippen molar-refractivity contribution in [2.45, 2.75) is 44.8 Å². The van der Waals surface area contributed by atoms with Crippen molar-refractivity contribution in [1.82, 2.24) is 15.1 Å². The lowest BCUT2D eigenvalue weighted by molar-refractivity contribution is 0.0359. The first kappa shape index (κ1) is 11.2. The molecule has 1 N–H and O–H groups in total. The summed E-state index contributed by atoms with van der Waals surface area (Å²) in [5.41, 5.74) is -0.598. The van der Waals surface area contributed by atoms with Gasteiger partial charge in [-0.3, -0.25) is 4.90 Å². The summed E-state index contributed by atoms with van der Waals surface area (Å²) < 4.78 is 5.63. The topological polar surface area (TPSA) is 62.4 Å². The summed E-state index contributed by atoms with van der Waals surface area (Å²) in [6.45, 7) is 6.17. The fourth-order valence-corrected chi connectivity index (χ4v) is 2.39. The molecule has 0 amide bonds. The third-order valence-corrected chi connectivity index (χ3v) is 3.91. The van der Waals surface area contributed by atoms with E-state index < -0.39 is 5.60 Å². The van der Waals surface area contributed by atoms with Crippen LogP contribution in [-0.4, -0.2) is 38.9 Å². The van der Waals surface area contributed by atoms with Crippen molar-refractivity contribution in [2.75, 3.05) is 13.1 Å². The van der Waals surface area contributed by atoms with Gasteiger partial charge in [0.05, 0.1) is 12.1 Å². The Labute approximate surface area is 101 Å². The normalized spacial score (nSPS) is 34.4. The van der Waals surface area contributed by atoms with Gasteiger partial charge in [0, 0.05) is 19.0 Å². The van der Waals surface area contributed by atoms with Crippen LogP contribution >= 0.6 is 0 Å². The van der Waals surface area contributed by atoms with E-state index in [9.17, 15) is 5.11 Å². The Kier molecular flexibility index (Phi) is 2.48. The van der Waals surface area contributed by atoms with E-state index >= 15 is 0 Å². The molecule has 17 heavy (non-hydrogen) atoms. The Morgan fingerprint density at radius 3 is 2.82 bits per heavy atom. The second-order valence-corrected chi connectivity index (χ2v) is 5.74. The number of aliphatic hydroxyl groups is 1. The molecule has 1 aliphatic heterocycles. The van der Waals surface area contributed by atoms with E-state index in [1.807, 2.05) is 6.92 Å². The monoisotopic (exact) mass is 237 g/mol. The van der Waals surface area contributed by atoms with Crippen LogP contribution in [0.3, 0.4) is 0 Å². The lowest BCUT2D eigenvalue weighted by Crippen LogP contribution is -2.33. The molecule has 0 aromatic carbocycles. The first-order chi connectivity index (χ1) is 8.04. The zero-order valence-electron chi connectivity index (χ0n) is 10.4. The number of hydrogen-bond acceptors (Lipinski definition) is 5. The standard InChI is InChI=1S/C12H19N3O2/c1-8-5-15(7-12(8,2)16)6-10-13-14-11(17-10)9-3-4-9/h8-9,16H,3-7H2,1-2H3/t8-,12+/m1/s1. The molecule has 5 heteroatoms. The van der Waals surface area contributed by atoms with Crippen molar-refractivity contribution in [3.63, 3.8) is 0 Å². The Balaban J connectivity index is 1.63. The number of likely N-dealkylation sites (tertiary alicyclic amines) is 1. The van der Waals surface area contributed by atoms with E-state index in [-0.39, 0.29) is 5.92 Å². The van der Waals surface area contributed by atoms with Crippen LogP contribution in [-0.2, 0) is 6.54 Å². The van der Waals surface area contributed by atoms with Crippen LogP contribution in [0.25, 0.3) is 0 Å². The predicted octanol–water partition coefficient (Wildman–Crippen LogP) is 1.15. The zero-order valence-corrected chi connectivity index (χ0v) is 10.4. The molecule has 0 radical (unpaired) electrons. The quantitative estimate of drug-likeness (QED) is 0.854.